The molecule has 0 bridgehead atoms. The molecular formula is C12H20N4O. The Morgan fingerprint density at radius 3 is 2.47 bits per heavy atom. The summed E-state index contributed by atoms with van der Waals surface area (Å²) in [4.78, 5) is 19.9. The summed E-state index contributed by atoms with van der Waals surface area (Å²) >= 11 is 0. The molecule has 1 heterocycles. The van der Waals surface area contributed by atoms with Gasteiger partial charge in [0.1, 0.15) is 5.82 Å². The van der Waals surface area contributed by atoms with Gasteiger partial charge in [-0.1, -0.05) is 0 Å². The number of aryl methyl sites for hydroxylation is 1. The Bertz CT molecular complexity index is 383. The van der Waals surface area contributed by atoms with E-state index in [0.717, 1.165) is 12.2 Å². The SMILES string of the molecule is Cc1cc(C(=O)N(C)CCN(C)C)cc(N)n1. The number of hydrogen-bond acceptors (Lipinski definition) is 4. The maximum Gasteiger partial charge on any atom is 0.253 e. The number of aromatic nitrogens is 1. The van der Waals surface area contributed by atoms with Crippen LogP contribution in [0.4, 0.5) is 5.82 Å². The Balaban J connectivity index is 2.74. The molecule has 0 atom stereocenters. The van der Waals surface area contributed by atoms with Crippen LogP contribution in [0, 0.1) is 6.92 Å². The minimum atomic E-state index is -0.0240. The Morgan fingerprint density at radius 2 is 1.94 bits per heavy atom. The van der Waals surface area contributed by atoms with Crippen LogP contribution in [0.3, 0.4) is 0 Å². The fourth-order valence-electron chi connectivity index (χ4n) is 1.49. The summed E-state index contributed by atoms with van der Waals surface area (Å²) < 4.78 is 0. The summed E-state index contributed by atoms with van der Waals surface area (Å²) in [6.45, 7) is 3.35. The first-order chi connectivity index (χ1) is 7.90. The Morgan fingerprint density at radius 1 is 1.29 bits per heavy atom. The van der Waals surface area contributed by atoms with Crippen molar-refractivity contribution in [2.75, 3.05) is 40.0 Å². The predicted octanol–water partition coefficient (Wildman–Crippen LogP) is 0.606. The fraction of sp³-hybridized carbons (Fsp3) is 0.500. The Kier molecular flexibility index (Phi) is 4.45. The Hall–Kier alpha value is -1.62. The molecule has 0 unspecified atom stereocenters. The van der Waals surface area contributed by atoms with Crippen LogP contribution in [-0.4, -0.2) is 54.9 Å². The van der Waals surface area contributed by atoms with E-state index >= 15 is 0 Å². The summed E-state index contributed by atoms with van der Waals surface area (Å²) in [6.07, 6.45) is 0. The maximum absolute atomic E-state index is 12.1. The molecule has 0 saturated carbocycles. The van der Waals surface area contributed by atoms with E-state index in [1.54, 1.807) is 24.1 Å². The summed E-state index contributed by atoms with van der Waals surface area (Å²) in [6, 6.07) is 3.37. The van der Waals surface area contributed by atoms with E-state index in [-0.39, 0.29) is 5.91 Å². The van der Waals surface area contributed by atoms with E-state index in [1.807, 2.05) is 25.9 Å². The zero-order chi connectivity index (χ0) is 13.0. The van der Waals surface area contributed by atoms with Crippen molar-refractivity contribution in [2.45, 2.75) is 6.92 Å². The molecular weight excluding hydrogens is 216 g/mol. The monoisotopic (exact) mass is 236 g/mol. The van der Waals surface area contributed by atoms with Crippen LogP contribution in [0.2, 0.25) is 0 Å². The molecule has 5 heteroatoms. The molecule has 2 N–H and O–H groups in total. The number of nitrogens with two attached hydrogens (primary N) is 1. The lowest BCUT2D eigenvalue weighted by Gasteiger charge is -2.19. The number of carbonyl (C=O) groups is 1. The highest BCUT2D eigenvalue weighted by Crippen LogP contribution is 2.09. The van der Waals surface area contributed by atoms with Crippen LogP contribution in [0.25, 0.3) is 0 Å². The van der Waals surface area contributed by atoms with Crippen molar-refractivity contribution in [3.8, 4) is 0 Å². The topological polar surface area (TPSA) is 62.5 Å². The number of nitrogens with zero attached hydrogens (tertiary/aromatic N) is 3. The van der Waals surface area contributed by atoms with E-state index in [9.17, 15) is 4.79 Å². The minimum absolute atomic E-state index is 0.0240. The second kappa shape index (κ2) is 5.63. The van der Waals surface area contributed by atoms with Gasteiger partial charge >= 0.3 is 0 Å². The van der Waals surface area contributed by atoms with Crippen molar-refractivity contribution in [3.63, 3.8) is 0 Å². The first kappa shape index (κ1) is 13.4. The normalized spacial score (nSPS) is 10.6. The smallest absolute Gasteiger partial charge is 0.253 e. The highest BCUT2D eigenvalue weighted by molar-refractivity contribution is 5.94. The van der Waals surface area contributed by atoms with Gasteiger partial charge in [-0.2, -0.15) is 0 Å². The van der Waals surface area contributed by atoms with E-state index in [1.165, 1.54) is 0 Å². The van der Waals surface area contributed by atoms with Crippen molar-refractivity contribution in [1.82, 2.24) is 14.8 Å². The lowest BCUT2D eigenvalue weighted by atomic mass is 10.2. The molecule has 0 radical (unpaired) electrons. The molecule has 0 saturated heterocycles. The maximum atomic E-state index is 12.1. The molecule has 1 amide bonds. The highest BCUT2D eigenvalue weighted by atomic mass is 16.2. The molecule has 17 heavy (non-hydrogen) atoms. The van der Waals surface area contributed by atoms with Gasteiger partial charge < -0.3 is 15.5 Å². The quantitative estimate of drug-likeness (QED) is 0.832. The largest absolute Gasteiger partial charge is 0.384 e. The van der Waals surface area contributed by atoms with Gasteiger partial charge in [0.15, 0.2) is 0 Å². The second-order valence-corrected chi connectivity index (χ2v) is 4.45. The molecule has 0 aliphatic rings. The first-order valence-corrected chi connectivity index (χ1v) is 5.54. The summed E-state index contributed by atoms with van der Waals surface area (Å²) in [5.74, 6) is 0.360. The van der Waals surface area contributed by atoms with Gasteiger partial charge in [-0.05, 0) is 33.2 Å². The molecule has 0 aliphatic carbocycles. The van der Waals surface area contributed by atoms with Gasteiger partial charge in [0.05, 0.1) is 0 Å². The van der Waals surface area contributed by atoms with Crippen molar-refractivity contribution >= 4 is 11.7 Å². The van der Waals surface area contributed by atoms with Gasteiger partial charge in [0.2, 0.25) is 0 Å². The van der Waals surface area contributed by atoms with Crippen LogP contribution < -0.4 is 5.73 Å². The lowest BCUT2D eigenvalue weighted by molar-refractivity contribution is 0.0786. The third-order valence-corrected chi connectivity index (χ3v) is 2.45. The van der Waals surface area contributed by atoms with Crippen LogP contribution >= 0.6 is 0 Å². The van der Waals surface area contributed by atoms with Crippen LogP contribution in [0.1, 0.15) is 16.1 Å². The van der Waals surface area contributed by atoms with Crippen LogP contribution in [0.5, 0.6) is 0 Å². The molecule has 94 valence electrons. The molecule has 5 nitrogen and oxygen atoms in total. The number of anilines is 1. The van der Waals surface area contributed by atoms with E-state index in [0.29, 0.717) is 17.9 Å². The minimum Gasteiger partial charge on any atom is -0.384 e. The number of amides is 1. The van der Waals surface area contributed by atoms with E-state index in [2.05, 4.69) is 4.98 Å². The molecule has 0 aromatic carbocycles. The summed E-state index contributed by atoms with van der Waals surface area (Å²) in [5.41, 5.74) is 6.98. The molecule has 0 aliphatic heterocycles. The third kappa shape index (κ3) is 4.03. The number of carbonyl (C=O) groups excluding carboxylic acids is 1. The van der Waals surface area contributed by atoms with Gasteiger partial charge in [-0.25, -0.2) is 4.98 Å². The standard InChI is InChI=1S/C12H20N4O/c1-9-7-10(8-11(13)14-9)12(17)16(4)6-5-15(2)3/h7-8H,5-6H2,1-4H3,(H2,13,14). The summed E-state index contributed by atoms with van der Waals surface area (Å²) in [5, 5.41) is 0. The van der Waals surface area contributed by atoms with Crippen molar-refractivity contribution in [2.24, 2.45) is 0 Å². The van der Waals surface area contributed by atoms with Gasteiger partial charge in [-0.15, -0.1) is 0 Å². The zero-order valence-electron chi connectivity index (χ0n) is 10.9. The molecule has 0 fully saturated rings. The number of pyridine rings is 1. The Labute approximate surface area is 102 Å². The molecule has 1 rings (SSSR count). The number of likely N-dealkylation sites (N-methyl/N-ethyl adjacent to an activating group) is 2. The van der Waals surface area contributed by atoms with Crippen LogP contribution in [0.15, 0.2) is 12.1 Å². The molecule has 1 aromatic rings. The van der Waals surface area contributed by atoms with Crippen LogP contribution in [-0.2, 0) is 0 Å². The lowest BCUT2D eigenvalue weighted by Crippen LogP contribution is -2.33. The summed E-state index contributed by atoms with van der Waals surface area (Å²) in [7, 11) is 5.75. The van der Waals surface area contributed by atoms with Gasteiger partial charge in [0.25, 0.3) is 5.91 Å². The van der Waals surface area contributed by atoms with Crippen molar-refractivity contribution in [3.05, 3.63) is 23.4 Å². The second-order valence-electron chi connectivity index (χ2n) is 4.45. The van der Waals surface area contributed by atoms with Crippen molar-refractivity contribution in [1.29, 1.82) is 0 Å². The number of rotatable bonds is 4. The number of nitrogen functional groups attached to an aromatic ring is 1. The fourth-order valence-corrected chi connectivity index (χ4v) is 1.49. The molecule has 0 spiro atoms. The number of hydrogen-bond donors (Lipinski definition) is 1. The van der Waals surface area contributed by atoms with Gasteiger partial charge in [-0.3, -0.25) is 4.79 Å². The first-order valence-electron chi connectivity index (χ1n) is 5.54. The average Bonchev–Trinajstić information content (AvgIpc) is 2.23. The van der Waals surface area contributed by atoms with E-state index in [4.69, 9.17) is 5.73 Å². The van der Waals surface area contributed by atoms with Crippen molar-refractivity contribution < 1.29 is 4.79 Å². The third-order valence-electron chi connectivity index (χ3n) is 2.45. The average molecular weight is 236 g/mol. The van der Waals surface area contributed by atoms with E-state index < -0.39 is 0 Å². The highest BCUT2D eigenvalue weighted by Gasteiger charge is 2.12. The molecule has 1 aromatic heterocycles. The van der Waals surface area contributed by atoms with Gasteiger partial charge in [0, 0.05) is 31.4 Å². The predicted molar refractivity (Wildman–Crippen MR) is 68.9 cm³/mol. The zero-order valence-corrected chi connectivity index (χ0v) is 10.9.